The van der Waals surface area contributed by atoms with Gasteiger partial charge in [-0.15, -0.1) is 0 Å². The topological polar surface area (TPSA) is 120 Å². The Morgan fingerprint density at radius 3 is 2.48 bits per heavy atom. The minimum atomic E-state index is -3.72. The highest BCUT2D eigenvalue weighted by molar-refractivity contribution is 7.90. The van der Waals surface area contributed by atoms with E-state index in [0.29, 0.717) is 16.6 Å². The Balaban J connectivity index is 1.88. The molecule has 0 aliphatic rings. The van der Waals surface area contributed by atoms with Gasteiger partial charge in [-0.1, -0.05) is 18.2 Å². The van der Waals surface area contributed by atoms with Crippen molar-refractivity contribution in [2.24, 2.45) is 5.90 Å². The van der Waals surface area contributed by atoms with Crippen molar-refractivity contribution in [3.8, 4) is 0 Å². The Bertz CT molecular complexity index is 1130. The number of hydrogen-bond donors (Lipinski definition) is 2. The van der Waals surface area contributed by atoms with E-state index in [9.17, 15) is 18.0 Å². The predicted octanol–water partition coefficient (Wildman–Crippen LogP) is 1.79. The van der Waals surface area contributed by atoms with Crippen molar-refractivity contribution in [1.29, 1.82) is 0 Å². The first-order chi connectivity index (χ1) is 12.9. The maximum Gasteiger partial charge on any atom is 0.349 e. The molecule has 9 heteroatoms. The fourth-order valence-corrected chi connectivity index (χ4v) is 3.85. The van der Waals surface area contributed by atoms with Crippen LogP contribution in [0.3, 0.4) is 0 Å². The van der Waals surface area contributed by atoms with Crippen LogP contribution in [-0.2, 0) is 24.4 Å². The second-order valence-corrected chi connectivity index (χ2v) is 7.28. The number of rotatable bonds is 5. The molecule has 0 bridgehead atoms. The summed E-state index contributed by atoms with van der Waals surface area (Å²) in [4.78, 5) is 26.7. The lowest BCUT2D eigenvalue weighted by Crippen LogP contribution is -2.12. The summed E-state index contributed by atoms with van der Waals surface area (Å²) in [6.45, 7) is 0. The highest BCUT2D eigenvalue weighted by atomic mass is 32.2. The van der Waals surface area contributed by atoms with Crippen LogP contribution < -0.4 is 11.2 Å². The first-order valence-corrected chi connectivity index (χ1v) is 9.17. The number of hydrogen-bond acceptors (Lipinski definition) is 6. The van der Waals surface area contributed by atoms with E-state index in [4.69, 9.17) is 0 Å². The van der Waals surface area contributed by atoms with Gasteiger partial charge in [0.15, 0.2) is 0 Å². The summed E-state index contributed by atoms with van der Waals surface area (Å²) in [7, 11) is -3.72. The van der Waals surface area contributed by atoms with E-state index in [0.717, 1.165) is 12.2 Å². The molecule has 1 aromatic heterocycles. The number of amides is 1. The summed E-state index contributed by atoms with van der Waals surface area (Å²) in [5.74, 6) is 3.25. The molecule has 3 rings (SSSR count). The third kappa shape index (κ3) is 3.89. The van der Waals surface area contributed by atoms with Gasteiger partial charge in [0, 0.05) is 29.4 Å². The molecule has 0 aliphatic carbocycles. The summed E-state index contributed by atoms with van der Waals surface area (Å²) in [5.41, 5.74) is 0.909. The lowest BCUT2D eigenvalue weighted by molar-refractivity contribution is -0.138. The van der Waals surface area contributed by atoms with Crippen molar-refractivity contribution in [3.63, 3.8) is 0 Å². The lowest BCUT2D eigenvalue weighted by atomic mass is 10.2. The van der Waals surface area contributed by atoms with E-state index in [1.807, 2.05) is 0 Å². The number of nitrogens with one attached hydrogen (secondary N) is 1. The monoisotopic (exact) mass is 385 g/mol. The Kier molecular flexibility index (Phi) is 5.06. The Hall–Kier alpha value is -3.43. The molecule has 0 spiro atoms. The molecule has 8 nitrogen and oxygen atoms in total. The van der Waals surface area contributed by atoms with Crippen LogP contribution in [0.15, 0.2) is 77.8 Å². The van der Waals surface area contributed by atoms with Crippen molar-refractivity contribution in [2.45, 2.75) is 4.90 Å². The quantitative estimate of drug-likeness (QED) is 0.510. The summed E-state index contributed by atoms with van der Waals surface area (Å²) < 4.78 is 26.7. The molecule has 3 N–H and O–H groups in total. The Morgan fingerprint density at radius 2 is 1.78 bits per heavy atom. The number of carbonyl (C=O) groups excluding carboxylic acids is 2. The van der Waals surface area contributed by atoms with Crippen LogP contribution in [0.2, 0.25) is 0 Å². The van der Waals surface area contributed by atoms with E-state index >= 15 is 0 Å². The number of benzene rings is 2. The fourth-order valence-electron chi connectivity index (χ4n) is 2.48. The van der Waals surface area contributed by atoms with E-state index < -0.39 is 21.9 Å². The number of carbonyl (C=O) groups is 2. The second kappa shape index (κ2) is 7.44. The molecule has 0 saturated heterocycles. The zero-order valence-corrected chi connectivity index (χ0v) is 14.7. The van der Waals surface area contributed by atoms with E-state index in [-0.39, 0.29) is 4.90 Å². The Morgan fingerprint density at radius 1 is 1.04 bits per heavy atom. The zero-order valence-electron chi connectivity index (χ0n) is 13.9. The molecule has 138 valence electrons. The SMILES string of the molecule is NOC(=O)/C=C/C(=O)Nc1ccc2c(ccn2S(=O)(=O)c2ccccc2)c1. The molecule has 0 unspecified atom stereocenters. The summed E-state index contributed by atoms with van der Waals surface area (Å²) in [6.07, 6.45) is 3.32. The molecule has 3 aromatic rings. The average molecular weight is 385 g/mol. The van der Waals surface area contributed by atoms with Crippen molar-refractivity contribution in [3.05, 3.63) is 72.9 Å². The molecular weight excluding hydrogens is 370 g/mol. The smallest absolute Gasteiger partial charge is 0.349 e. The first-order valence-electron chi connectivity index (χ1n) is 7.73. The van der Waals surface area contributed by atoms with Gasteiger partial charge in [0.25, 0.3) is 10.0 Å². The van der Waals surface area contributed by atoms with Crippen LogP contribution in [0.1, 0.15) is 0 Å². The van der Waals surface area contributed by atoms with E-state index in [1.54, 1.807) is 42.5 Å². The summed E-state index contributed by atoms with van der Waals surface area (Å²) >= 11 is 0. The highest BCUT2D eigenvalue weighted by Gasteiger charge is 2.18. The zero-order chi connectivity index (χ0) is 19.4. The first kappa shape index (κ1) is 18.4. The van der Waals surface area contributed by atoms with Crippen LogP contribution in [-0.4, -0.2) is 24.3 Å². The van der Waals surface area contributed by atoms with Gasteiger partial charge in [-0.25, -0.2) is 17.2 Å². The molecule has 0 radical (unpaired) electrons. The maximum absolute atomic E-state index is 12.8. The molecule has 27 heavy (non-hydrogen) atoms. The van der Waals surface area contributed by atoms with Gasteiger partial charge >= 0.3 is 5.97 Å². The van der Waals surface area contributed by atoms with Crippen molar-refractivity contribution in [2.75, 3.05) is 5.32 Å². The van der Waals surface area contributed by atoms with Crippen LogP contribution in [0.25, 0.3) is 10.9 Å². The van der Waals surface area contributed by atoms with Gasteiger partial charge in [-0.2, -0.15) is 5.90 Å². The number of fused-ring (bicyclic) bond motifs is 1. The van der Waals surface area contributed by atoms with E-state index in [2.05, 4.69) is 16.1 Å². The molecule has 0 fully saturated rings. The minimum Gasteiger partial charge on any atom is -0.370 e. The van der Waals surface area contributed by atoms with Crippen molar-refractivity contribution >= 4 is 38.5 Å². The van der Waals surface area contributed by atoms with Gasteiger partial charge in [-0.3, -0.25) is 4.79 Å². The van der Waals surface area contributed by atoms with Gasteiger partial charge in [0.2, 0.25) is 5.91 Å². The van der Waals surface area contributed by atoms with Gasteiger partial charge in [0.1, 0.15) is 0 Å². The van der Waals surface area contributed by atoms with Crippen molar-refractivity contribution < 1.29 is 22.8 Å². The molecule has 1 heterocycles. The normalized spacial score (nSPS) is 11.6. The lowest BCUT2D eigenvalue weighted by Gasteiger charge is -2.08. The number of nitrogens with zero attached hydrogens (tertiary/aromatic N) is 1. The number of nitrogens with two attached hydrogens (primary N) is 1. The largest absolute Gasteiger partial charge is 0.370 e. The number of anilines is 1. The molecule has 0 atom stereocenters. The molecule has 1 amide bonds. The predicted molar refractivity (Wildman–Crippen MR) is 99.0 cm³/mol. The van der Waals surface area contributed by atoms with Crippen LogP contribution >= 0.6 is 0 Å². The molecule has 0 aliphatic heterocycles. The minimum absolute atomic E-state index is 0.178. The van der Waals surface area contributed by atoms with Gasteiger partial charge in [0.05, 0.1) is 10.4 Å². The third-order valence-corrected chi connectivity index (χ3v) is 5.41. The maximum atomic E-state index is 12.8. The highest BCUT2D eigenvalue weighted by Crippen LogP contribution is 2.24. The van der Waals surface area contributed by atoms with Crippen LogP contribution in [0, 0.1) is 0 Å². The molecule has 0 saturated carbocycles. The number of aromatic nitrogens is 1. The van der Waals surface area contributed by atoms with Crippen LogP contribution in [0.5, 0.6) is 0 Å². The third-order valence-electron chi connectivity index (χ3n) is 3.71. The van der Waals surface area contributed by atoms with E-state index in [1.165, 1.54) is 22.3 Å². The average Bonchev–Trinajstić information content (AvgIpc) is 3.10. The van der Waals surface area contributed by atoms with Crippen LogP contribution in [0.4, 0.5) is 5.69 Å². The Labute approximate surface area is 154 Å². The summed E-state index contributed by atoms with van der Waals surface area (Å²) in [6, 6.07) is 14.5. The fraction of sp³-hybridized carbons (Fsp3) is 0. The molecular formula is C18H15N3O5S. The van der Waals surface area contributed by atoms with Gasteiger partial charge in [-0.05, 0) is 36.4 Å². The standard InChI is InChI=1S/C18H15N3O5S/c19-26-18(23)9-8-17(22)20-14-6-7-16-13(12-14)10-11-21(16)27(24,25)15-4-2-1-3-5-15/h1-12H,19H2,(H,20,22)/b9-8+. The summed E-state index contributed by atoms with van der Waals surface area (Å²) in [5, 5.41) is 3.18. The second-order valence-electron chi connectivity index (χ2n) is 5.46. The van der Waals surface area contributed by atoms with Gasteiger partial charge < -0.3 is 10.2 Å². The molecule has 2 aromatic carbocycles. The van der Waals surface area contributed by atoms with Crippen molar-refractivity contribution in [1.82, 2.24) is 3.97 Å².